The second-order valence-electron chi connectivity index (χ2n) is 7.56. The van der Waals surface area contributed by atoms with Crippen molar-refractivity contribution in [3.63, 3.8) is 0 Å². The third-order valence-electron chi connectivity index (χ3n) is 6.10. The zero-order valence-electron chi connectivity index (χ0n) is 17.8. The van der Waals surface area contributed by atoms with E-state index in [9.17, 15) is 9.59 Å². The van der Waals surface area contributed by atoms with Gasteiger partial charge >= 0.3 is 11.9 Å². The molecule has 31 heavy (non-hydrogen) atoms. The summed E-state index contributed by atoms with van der Waals surface area (Å²) in [6.07, 6.45) is 5.15. The number of nitrogens with zero attached hydrogens (tertiary/aromatic N) is 1. The molecule has 4 rings (SSSR count). The van der Waals surface area contributed by atoms with Crippen molar-refractivity contribution in [1.29, 1.82) is 0 Å². The van der Waals surface area contributed by atoms with E-state index in [1.807, 2.05) is 71.6 Å². The lowest BCUT2D eigenvalue weighted by Gasteiger charge is -2.45. The van der Waals surface area contributed by atoms with Crippen molar-refractivity contribution in [3.8, 4) is 5.75 Å². The Morgan fingerprint density at radius 1 is 0.968 bits per heavy atom. The van der Waals surface area contributed by atoms with Crippen LogP contribution in [-0.2, 0) is 19.1 Å². The standard InChI is InChI=1S/C25H25NO5/c1-29-19-13-11-18(12-14-19)26-21(23(27)30-2)16-20(17-8-5-4-6-9-17)25(24(28)31-3)15-7-10-22(25)26/h4-6,8-14,16,20H,7,15H2,1-3H3. The lowest BCUT2D eigenvalue weighted by atomic mass is 9.67. The minimum Gasteiger partial charge on any atom is -0.497 e. The minimum absolute atomic E-state index is 0.316. The molecule has 2 aliphatic rings. The van der Waals surface area contributed by atoms with E-state index in [1.54, 1.807) is 7.11 Å². The summed E-state index contributed by atoms with van der Waals surface area (Å²) >= 11 is 0. The van der Waals surface area contributed by atoms with E-state index >= 15 is 0 Å². The Morgan fingerprint density at radius 3 is 2.29 bits per heavy atom. The van der Waals surface area contributed by atoms with Crippen LogP contribution in [0.1, 0.15) is 24.3 Å². The van der Waals surface area contributed by atoms with Gasteiger partial charge in [0.25, 0.3) is 0 Å². The predicted molar refractivity (Wildman–Crippen MR) is 117 cm³/mol. The third-order valence-corrected chi connectivity index (χ3v) is 6.10. The average molecular weight is 419 g/mol. The molecule has 6 nitrogen and oxygen atoms in total. The van der Waals surface area contributed by atoms with Crippen molar-refractivity contribution in [2.45, 2.75) is 18.8 Å². The first kappa shape index (κ1) is 20.7. The molecule has 0 aromatic heterocycles. The summed E-state index contributed by atoms with van der Waals surface area (Å²) in [4.78, 5) is 28.0. The number of fused-ring (bicyclic) bond motifs is 1. The largest absolute Gasteiger partial charge is 0.497 e. The van der Waals surface area contributed by atoms with Gasteiger partial charge in [0, 0.05) is 17.3 Å². The van der Waals surface area contributed by atoms with E-state index in [-0.39, 0.29) is 11.9 Å². The van der Waals surface area contributed by atoms with Crippen molar-refractivity contribution in [1.82, 2.24) is 0 Å². The quantitative estimate of drug-likeness (QED) is 0.677. The molecule has 0 amide bonds. The lowest BCUT2D eigenvalue weighted by molar-refractivity contribution is -0.151. The summed E-state index contributed by atoms with van der Waals surface area (Å²) in [6, 6.07) is 17.1. The molecule has 0 saturated carbocycles. The van der Waals surface area contributed by atoms with Gasteiger partial charge in [-0.1, -0.05) is 36.4 Å². The highest BCUT2D eigenvalue weighted by atomic mass is 16.5. The highest BCUT2D eigenvalue weighted by Crippen LogP contribution is 2.57. The average Bonchev–Trinajstić information content (AvgIpc) is 3.28. The SMILES string of the molecule is COC(=O)C1=CC(c2ccccc2)C2(C(=O)OC)CCC=C2N1c1ccc(OC)cc1. The molecule has 1 aliphatic carbocycles. The molecule has 0 saturated heterocycles. The molecule has 0 radical (unpaired) electrons. The van der Waals surface area contributed by atoms with Crippen LogP contribution in [0.2, 0.25) is 0 Å². The Morgan fingerprint density at radius 2 is 1.68 bits per heavy atom. The Balaban J connectivity index is 1.97. The predicted octanol–water partition coefficient (Wildman–Crippen LogP) is 4.19. The molecule has 6 heteroatoms. The molecule has 2 aromatic rings. The third kappa shape index (κ3) is 3.28. The first-order chi connectivity index (χ1) is 15.1. The van der Waals surface area contributed by atoms with Crippen LogP contribution in [0, 0.1) is 5.41 Å². The highest BCUT2D eigenvalue weighted by molar-refractivity contribution is 5.98. The molecule has 2 aromatic carbocycles. The normalized spacial score (nSPS) is 22.2. The van der Waals surface area contributed by atoms with Crippen molar-refractivity contribution < 1.29 is 23.8 Å². The van der Waals surface area contributed by atoms with Gasteiger partial charge in [0.15, 0.2) is 0 Å². The molecule has 0 N–H and O–H groups in total. The number of rotatable bonds is 5. The van der Waals surface area contributed by atoms with Crippen LogP contribution in [0.3, 0.4) is 0 Å². The molecule has 2 atom stereocenters. The van der Waals surface area contributed by atoms with Gasteiger partial charge in [0.05, 0.1) is 21.3 Å². The van der Waals surface area contributed by atoms with Gasteiger partial charge in [-0.3, -0.25) is 4.79 Å². The number of allylic oxidation sites excluding steroid dienone is 2. The Hall–Kier alpha value is -3.54. The molecule has 1 heterocycles. The Labute approximate surface area is 181 Å². The van der Waals surface area contributed by atoms with E-state index in [0.717, 1.165) is 16.9 Å². The molecular formula is C25H25NO5. The number of esters is 2. The van der Waals surface area contributed by atoms with Crippen LogP contribution in [-0.4, -0.2) is 33.3 Å². The number of ether oxygens (including phenoxy) is 3. The maximum Gasteiger partial charge on any atom is 0.354 e. The topological polar surface area (TPSA) is 65.1 Å². The summed E-state index contributed by atoms with van der Waals surface area (Å²) < 4.78 is 15.7. The number of hydrogen-bond donors (Lipinski definition) is 0. The van der Waals surface area contributed by atoms with Gasteiger partial charge in [-0.25, -0.2) is 4.79 Å². The second-order valence-corrected chi connectivity index (χ2v) is 7.56. The zero-order valence-corrected chi connectivity index (χ0v) is 17.8. The van der Waals surface area contributed by atoms with E-state index in [1.165, 1.54) is 14.2 Å². The fourth-order valence-corrected chi connectivity index (χ4v) is 4.69. The lowest BCUT2D eigenvalue weighted by Crippen LogP contribution is -2.48. The number of carbonyl (C=O) groups excluding carboxylic acids is 2. The smallest absolute Gasteiger partial charge is 0.354 e. The molecule has 160 valence electrons. The molecule has 0 fully saturated rings. The molecule has 0 spiro atoms. The summed E-state index contributed by atoms with van der Waals surface area (Å²) in [6.45, 7) is 0. The number of methoxy groups -OCH3 is 3. The van der Waals surface area contributed by atoms with Crippen molar-refractivity contribution in [2.24, 2.45) is 5.41 Å². The van der Waals surface area contributed by atoms with E-state index in [0.29, 0.717) is 24.3 Å². The highest BCUT2D eigenvalue weighted by Gasteiger charge is 2.57. The first-order valence-corrected chi connectivity index (χ1v) is 10.1. The molecule has 2 unspecified atom stereocenters. The molecular weight excluding hydrogens is 394 g/mol. The number of benzene rings is 2. The van der Waals surface area contributed by atoms with Crippen molar-refractivity contribution in [3.05, 3.63) is 83.7 Å². The van der Waals surface area contributed by atoms with Gasteiger partial charge in [0.1, 0.15) is 16.9 Å². The van der Waals surface area contributed by atoms with Crippen LogP contribution < -0.4 is 9.64 Å². The van der Waals surface area contributed by atoms with Gasteiger partial charge in [0.2, 0.25) is 0 Å². The monoisotopic (exact) mass is 419 g/mol. The first-order valence-electron chi connectivity index (χ1n) is 10.1. The molecule has 0 bridgehead atoms. The van der Waals surface area contributed by atoms with Crippen LogP contribution >= 0.6 is 0 Å². The van der Waals surface area contributed by atoms with E-state index in [2.05, 4.69) is 0 Å². The number of carbonyl (C=O) groups is 2. The van der Waals surface area contributed by atoms with Gasteiger partial charge in [-0.2, -0.15) is 0 Å². The minimum atomic E-state index is -0.937. The summed E-state index contributed by atoms with van der Waals surface area (Å²) in [5.41, 5.74) is 1.85. The molecule has 1 aliphatic heterocycles. The Bertz CT molecular complexity index is 1040. The van der Waals surface area contributed by atoms with Crippen LogP contribution in [0.5, 0.6) is 5.75 Å². The van der Waals surface area contributed by atoms with Crippen molar-refractivity contribution in [2.75, 3.05) is 26.2 Å². The van der Waals surface area contributed by atoms with Gasteiger partial charge < -0.3 is 19.1 Å². The van der Waals surface area contributed by atoms with Crippen molar-refractivity contribution >= 4 is 17.6 Å². The maximum absolute atomic E-state index is 13.3. The number of anilines is 1. The van der Waals surface area contributed by atoms with Gasteiger partial charge in [-0.15, -0.1) is 0 Å². The fraction of sp³-hybridized carbons (Fsp3) is 0.280. The fourth-order valence-electron chi connectivity index (χ4n) is 4.69. The van der Waals surface area contributed by atoms with Crippen LogP contribution in [0.25, 0.3) is 0 Å². The van der Waals surface area contributed by atoms with Gasteiger partial charge in [-0.05, 0) is 48.7 Å². The summed E-state index contributed by atoms with van der Waals surface area (Å²) in [7, 11) is 4.37. The summed E-state index contributed by atoms with van der Waals surface area (Å²) in [5.74, 6) is -0.448. The zero-order chi connectivity index (χ0) is 22.0. The maximum atomic E-state index is 13.3. The second kappa shape index (κ2) is 8.30. The summed E-state index contributed by atoms with van der Waals surface area (Å²) in [5, 5.41) is 0. The van der Waals surface area contributed by atoms with Crippen LogP contribution in [0.4, 0.5) is 5.69 Å². The Kier molecular flexibility index (Phi) is 5.55. The van der Waals surface area contributed by atoms with Crippen LogP contribution in [0.15, 0.2) is 78.1 Å². The van der Waals surface area contributed by atoms with E-state index in [4.69, 9.17) is 14.2 Å². The van der Waals surface area contributed by atoms with E-state index < -0.39 is 11.4 Å². The number of hydrogen-bond acceptors (Lipinski definition) is 6.